The van der Waals surface area contributed by atoms with Gasteiger partial charge in [0.05, 0.1) is 17.5 Å². The standard InChI is InChI=1S/C20H25N5O5S/c1-11(2)16(15-9-12(3)10-30-15)22-19-18(23-31(28,29)24-19)21-14-8-6-7-13(17(14)26)20(27)25(4)5/h6-11,16,26H,1-5H3,(H,21,23)(H,22,24). The Morgan fingerprint density at radius 2 is 2.03 bits per heavy atom. The van der Waals surface area contributed by atoms with E-state index < -0.39 is 22.2 Å². The largest absolute Gasteiger partial charge is 0.505 e. The molecule has 3 rings (SSSR count). The molecule has 1 aliphatic heterocycles. The Morgan fingerprint density at radius 1 is 1.32 bits per heavy atom. The number of furan rings is 1. The summed E-state index contributed by atoms with van der Waals surface area (Å²) in [5.74, 6) is -0.252. The number of hydrogen-bond donors (Lipinski definition) is 3. The van der Waals surface area contributed by atoms with Gasteiger partial charge < -0.3 is 19.7 Å². The minimum absolute atomic E-state index is 0.00107. The monoisotopic (exact) mass is 447 g/mol. The number of aromatic hydroxyl groups is 1. The summed E-state index contributed by atoms with van der Waals surface area (Å²) in [6, 6.07) is 5.91. The molecule has 2 heterocycles. The van der Waals surface area contributed by atoms with Crippen LogP contribution in [0.25, 0.3) is 0 Å². The molecule has 0 fully saturated rings. The van der Waals surface area contributed by atoms with Gasteiger partial charge >= 0.3 is 10.2 Å². The van der Waals surface area contributed by atoms with Crippen LogP contribution in [0, 0.1) is 12.8 Å². The maximum atomic E-state index is 12.3. The number of phenols is 1. The molecule has 166 valence electrons. The zero-order valence-corrected chi connectivity index (χ0v) is 18.7. The van der Waals surface area contributed by atoms with E-state index in [1.54, 1.807) is 26.4 Å². The van der Waals surface area contributed by atoms with E-state index in [0.29, 0.717) is 5.76 Å². The van der Waals surface area contributed by atoms with Crippen molar-refractivity contribution in [3.63, 3.8) is 0 Å². The van der Waals surface area contributed by atoms with Crippen molar-refractivity contribution in [2.75, 3.05) is 19.4 Å². The Morgan fingerprint density at radius 3 is 2.61 bits per heavy atom. The summed E-state index contributed by atoms with van der Waals surface area (Å²) in [7, 11) is -0.884. The SMILES string of the molecule is Cc1coc(C(N=C2NS(=O)(=O)N=C2Nc2cccc(C(=O)N(C)C)c2O)C(C)C)c1. The number of aryl methyl sites for hydroxylation is 1. The van der Waals surface area contributed by atoms with Crippen LogP contribution in [-0.4, -0.2) is 50.1 Å². The first-order chi connectivity index (χ1) is 14.5. The smallest absolute Gasteiger partial charge is 0.345 e. The van der Waals surface area contributed by atoms with E-state index >= 15 is 0 Å². The number of hydrogen-bond acceptors (Lipinski definition) is 7. The van der Waals surface area contributed by atoms with Gasteiger partial charge in [-0.2, -0.15) is 8.42 Å². The number of amides is 1. The Balaban J connectivity index is 1.99. The van der Waals surface area contributed by atoms with Crippen LogP contribution < -0.4 is 10.0 Å². The van der Waals surface area contributed by atoms with Crippen molar-refractivity contribution in [3.05, 3.63) is 47.4 Å². The number of carbonyl (C=O) groups excluding carboxylic acids is 1. The van der Waals surface area contributed by atoms with Gasteiger partial charge in [0.1, 0.15) is 11.8 Å². The van der Waals surface area contributed by atoms with Crippen LogP contribution in [0.1, 0.15) is 41.6 Å². The van der Waals surface area contributed by atoms with Gasteiger partial charge in [-0.3, -0.25) is 9.79 Å². The molecule has 0 aliphatic carbocycles. The van der Waals surface area contributed by atoms with E-state index in [1.165, 1.54) is 17.0 Å². The minimum atomic E-state index is -4.01. The second kappa shape index (κ2) is 8.42. The molecule has 0 bridgehead atoms. The third kappa shape index (κ3) is 4.88. The Bertz CT molecular complexity index is 1160. The van der Waals surface area contributed by atoms with Gasteiger partial charge in [0.25, 0.3) is 5.91 Å². The molecule has 0 saturated carbocycles. The summed E-state index contributed by atoms with van der Waals surface area (Å²) >= 11 is 0. The lowest BCUT2D eigenvalue weighted by Gasteiger charge is -2.16. The highest BCUT2D eigenvalue weighted by Gasteiger charge is 2.30. The molecule has 1 aliphatic rings. The summed E-state index contributed by atoms with van der Waals surface area (Å²) in [4.78, 5) is 18.1. The third-order valence-corrected chi connectivity index (χ3v) is 5.40. The van der Waals surface area contributed by atoms with E-state index in [1.807, 2.05) is 26.8 Å². The number of para-hydroxylation sites is 1. The van der Waals surface area contributed by atoms with Gasteiger partial charge in [-0.1, -0.05) is 19.9 Å². The summed E-state index contributed by atoms with van der Waals surface area (Å²) in [5.41, 5.74) is 1.11. The molecule has 1 atom stereocenters. The summed E-state index contributed by atoms with van der Waals surface area (Å²) in [6.07, 6.45) is 1.60. The van der Waals surface area contributed by atoms with Gasteiger partial charge in [-0.05, 0) is 36.6 Å². The number of benzene rings is 1. The molecular weight excluding hydrogens is 422 g/mol. The van der Waals surface area contributed by atoms with Gasteiger partial charge in [0, 0.05) is 14.1 Å². The average Bonchev–Trinajstić information content (AvgIpc) is 3.22. The third-order valence-electron chi connectivity index (χ3n) is 4.53. The summed E-state index contributed by atoms with van der Waals surface area (Å²) < 4.78 is 35.7. The first kappa shape index (κ1) is 22.3. The lowest BCUT2D eigenvalue weighted by Crippen LogP contribution is -2.31. The minimum Gasteiger partial charge on any atom is -0.505 e. The number of rotatable bonds is 5. The highest BCUT2D eigenvalue weighted by molar-refractivity contribution is 7.89. The lowest BCUT2D eigenvalue weighted by molar-refractivity contribution is 0.0824. The Labute approximate surface area is 180 Å². The number of anilines is 1. The summed E-state index contributed by atoms with van der Waals surface area (Å²) in [5, 5.41) is 13.3. The lowest BCUT2D eigenvalue weighted by atomic mass is 10.0. The van der Waals surface area contributed by atoms with Gasteiger partial charge in [0.15, 0.2) is 17.4 Å². The van der Waals surface area contributed by atoms with Crippen molar-refractivity contribution in [3.8, 4) is 5.75 Å². The molecule has 10 nitrogen and oxygen atoms in total. The highest BCUT2D eigenvalue weighted by Crippen LogP contribution is 2.30. The summed E-state index contributed by atoms with van der Waals surface area (Å²) in [6.45, 7) is 5.75. The second-order valence-electron chi connectivity index (χ2n) is 7.74. The predicted octanol–water partition coefficient (Wildman–Crippen LogP) is 2.45. The molecule has 1 amide bonds. The average molecular weight is 448 g/mol. The maximum Gasteiger partial charge on any atom is 0.345 e. The van der Waals surface area contributed by atoms with E-state index in [2.05, 4.69) is 19.4 Å². The van der Waals surface area contributed by atoms with E-state index in [0.717, 1.165) is 5.56 Å². The zero-order valence-electron chi connectivity index (χ0n) is 17.9. The number of amidine groups is 2. The fourth-order valence-electron chi connectivity index (χ4n) is 3.00. The first-order valence-corrected chi connectivity index (χ1v) is 11.0. The number of phenolic OH excluding ortho intramolecular Hbond substituents is 1. The van der Waals surface area contributed by atoms with Crippen LogP contribution in [-0.2, 0) is 10.2 Å². The van der Waals surface area contributed by atoms with Crippen LogP contribution in [0.15, 0.2) is 44.3 Å². The molecule has 1 aromatic heterocycles. The second-order valence-corrected chi connectivity index (χ2v) is 9.07. The van der Waals surface area contributed by atoms with Crippen molar-refractivity contribution in [1.82, 2.24) is 9.62 Å². The van der Waals surface area contributed by atoms with Crippen LogP contribution in [0.2, 0.25) is 0 Å². The van der Waals surface area contributed by atoms with Crippen LogP contribution in [0.4, 0.5) is 5.69 Å². The Hall–Kier alpha value is -3.34. The van der Waals surface area contributed by atoms with Crippen LogP contribution in [0.3, 0.4) is 0 Å². The normalized spacial score (nSPS) is 17.4. The molecule has 11 heteroatoms. The van der Waals surface area contributed by atoms with Crippen LogP contribution in [0.5, 0.6) is 5.75 Å². The molecule has 2 aromatic rings. The molecule has 3 N–H and O–H groups in total. The fourth-order valence-corrected chi connectivity index (χ4v) is 3.81. The van der Waals surface area contributed by atoms with Gasteiger partial charge in [-0.15, -0.1) is 4.40 Å². The van der Waals surface area contributed by atoms with Crippen molar-refractivity contribution in [2.24, 2.45) is 15.3 Å². The molecular formula is C20H25N5O5S. The zero-order chi connectivity index (χ0) is 22.9. The number of nitrogens with zero attached hydrogens (tertiary/aromatic N) is 3. The Kier molecular flexibility index (Phi) is 6.07. The molecule has 0 radical (unpaired) electrons. The van der Waals surface area contributed by atoms with Crippen molar-refractivity contribution in [1.29, 1.82) is 0 Å². The predicted molar refractivity (Wildman–Crippen MR) is 118 cm³/mol. The maximum absolute atomic E-state index is 12.3. The van der Waals surface area contributed by atoms with Crippen LogP contribution >= 0.6 is 0 Å². The van der Waals surface area contributed by atoms with E-state index in [9.17, 15) is 18.3 Å². The molecule has 31 heavy (non-hydrogen) atoms. The molecule has 0 saturated heterocycles. The van der Waals surface area contributed by atoms with Crippen molar-refractivity contribution >= 4 is 33.5 Å². The highest BCUT2D eigenvalue weighted by atomic mass is 32.2. The van der Waals surface area contributed by atoms with Crippen molar-refractivity contribution < 1.29 is 22.7 Å². The molecule has 1 unspecified atom stereocenters. The van der Waals surface area contributed by atoms with Gasteiger partial charge in [0.2, 0.25) is 0 Å². The van der Waals surface area contributed by atoms with E-state index in [4.69, 9.17) is 4.42 Å². The van der Waals surface area contributed by atoms with Gasteiger partial charge in [-0.25, -0.2) is 4.72 Å². The molecule has 1 aromatic carbocycles. The number of nitrogens with one attached hydrogen (secondary N) is 2. The topological polar surface area (TPSA) is 137 Å². The first-order valence-electron chi connectivity index (χ1n) is 9.55. The fraction of sp³-hybridized carbons (Fsp3) is 0.350. The molecule has 0 spiro atoms. The quantitative estimate of drug-likeness (QED) is 0.602. The van der Waals surface area contributed by atoms with E-state index in [-0.39, 0.29) is 34.6 Å². The van der Waals surface area contributed by atoms with Crippen molar-refractivity contribution in [2.45, 2.75) is 26.8 Å². The number of carbonyl (C=O) groups is 1. The number of aliphatic imine (C=N–C) groups is 1.